The molecule has 1 aromatic rings. The molecule has 3 nitrogen and oxygen atoms in total. The summed E-state index contributed by atoms with van der Waals surface area (Å²) in [5, 5.41) is 0. The number of nitrogens with one attached hydrogen (secondary N) is 1. The number of H-pyrrole nitrogens is 1. The van der Waals surface area contributed by atoms with Crippen molar-refractivity contribution in [3.8, 4) is 0 Å². The van der Waals surface area contributed by atoms with Gasteiger partial charge in [0.15, 0.2) is 5.79 Å². The topological polar surface area (TPSA) is 34.2 Å². The van der Waals surface area contributed by atoms with E-state index in [0.717, 1.165) is 19.6 Å². The summed E-state index contributed by atoms with van der Waals surface area (Å²) >= 11 is 0. The van der Waals surface area contributed by atoms with Gasteiger partial charge in [-0.25, -0.2) is 0 Å². The lowest BCUT2D eigenvalue weighted by Crippen LogP contribution is -2.33. The van der Waals surface area contributed by atoms with Gasteiger partial charge in [0.1, 0.15) is 0 Å². The van der Waals surface area contributed by atoms with E-state index in [2.05, 4.69) is 4.98 Å². The van der Waals surface area contributed by atoms with Gasteiger partial charge in [-0.2, -0.15) is 0 Å². The lowest BCUT2D eigenvalue weighted by molar-refractivity contribution is -0.244. The van der Waals surface area contributed by atoms with Crippen LogP contribution in [0.2, 0.25) is 0 Å². The molecule has 0 amide bonds. The molecular weight excluding hydrogens is 166 g/mol. The summed E-state index contributed by atoms with van der Waals surface area (Å²) < 4.78 is 10.5. The highest BCUT2D eigenvalue weighted by Crippen LogP contribution is 2.15. The van der Waals surface area contributed by atoms with Crippen LogP contribution in [-0.2, 0) is 9.47 Å². The summed E-state index contributed by atoms with van der Waals surface area (Å²) in [6.45, 7) is 5.55. The van der Waals surface area contributed by atoms with Crippen molar-refractivity contribution in [3.63, 3.8) is 0 Å². The van der Waals surface area contributed by atoms with Gasteiger partial charge in [-0.05, 0) is 32.4 Å². The molecule has 13 heavy (non-hydrogen) atoms. The van der Waals surface area contributed by atoms with Gasteiger partial charge >= 0.3 is 0 Å². The Morgan fingerprint density at radius 3 is 1.85 bits per heavy atom. The molecule has 0 atom stereocenters. The maximum Gasteiger partial charge on any atom is 0.162 e. The first kappa shape index (κ1) is 10.3. The fraction of sp³-hybridized carbons (Fsp3) is 0.600. The van der Waals surface area contributed by atoms with Crippen LogP contribution in [0.3, 0.4) is 0 Å². The minimum atomic E-state index is -0.321. The summed E-state index contributed by atoms with van der Waals surface area (Å²) in [5.74, 6) is -0.321. The lowest BCUT2D eigenvalue weighted by Gasteiger charge is -2.29. The molecule has 1 aliphatic rings. The van der Waals surface area contributed by atoms with Crippen molar-refractivity contribution in [1.29, 1.82) is 0 Å². The highest BCUT2D eigenvalue weighted by atomic mass is 16.7. The van der Waals surface area contributed by atoms with Crippen LogP contribution in [0, 0.1) is 0 Å². The van der Waals surface area contributed by atoms with Crippen LogP contribution in [0.15, 0.2) is 24.5 Å². The standard InChI is InChI=1S/C6H12O2.C4H5N/c1-6(2)7-4-3-5-8-6;1-2-4-5-3-1/h3-5H2,1-2H3;1-5H. The summed E-state index contributed by atoms with van der Waals surface area (Å²) in [7, 11) is 0. The molecule has 0 aliphatic carbocycles. The van der Waals surface area contributed by atoms with E-state index in [0.29, 0.717) is 0 Å². The maximum atomic E-state index is 5.24. The monoisotopic (exact) mass is 183 g/mol. The van der Waals surface area contributed by atoms with Crippen LogP contribution in [0.1, 0.15) is 20.3 Å². The van der Waals surface area contributed by atoms with Gasteiger partial charge in [-0.15, -0.1) is 0 Å². The van der Waals surface area contributed by atoms with Crippen LogP contribution in [0.5, 0.6) is 0 Å². The van der Waals surface area contributed by atoms with Crippen molar-refractivity contribution in [2.24, 2.45) is 0 Å². The van der Waals surface area contributed by atoms with Gasteiger partial charge in [0.05, 0.1) is 13.2 Å². The lowest BCUT2D eigenvalue weighted by atomic mass is 10.3. The molecule has 0 bridgehead atoms. The van der Waals surface area contributed by atoms with E-state index in [1.807, 2.05) is 38.4 Å². The highest BCUT2D eigenvalue weighted by molar-refractivity contribution is 4.84. The predicted molar refractivity (Wildman–Crippen MR) is 51.4 cm³/mol. The van der Waals surface area contributed by atoms with Gasteiger partial charge in [0.25, 0.3) is 0 Å². The van der Waals surface area contributed by atoms with Gasteiger partial charge in [0, 0.05) is 12.4 Å². The minimum Gasteiger partial charge on any atom is -0.368 e. The molecule has 3 heteroatoms. The molecule has 1 aliphatic heterocycles. The Morgan fingerprint density at radius 2 is 1.62 bits per heavy atom. The zero-order valence-electron chi connectivity index (χ0n) is 8.25. The second-order valence-electron chi connectivity index (χ2n) is 3.34. The zero-order valence-corrected chi connectivity index (χ0v) is 8.25. The molecule has 1 saturated heterocycles. The van der Waals surface area contributed by atoms with E-state index in [9.17, 15) is 0 Å². The Balaban J connectivity index is 0.000000145. The van der Waals surface area contributed by atoms with E-state index in [4.69, 9.17) is 9.47 Å². The van der Waals surface area contributed by atoms with Crippen molar-refractivity contribution >= 4 is 0 Å². The van der Waals surface area contributed by atoms with Crippen LogP contribution < -0.4 is 0 Å². The second-order valence-corrected chi connectivity index (χ2v) is 3.34. The Bertz CT molecular complexity index is 181. The first-order valence-electron chi connectivity index (χ1n) is 4.56. The van der Waals surface area contributed by atoms with Crippen LogP contribution in [0.4, 0.5) is 0 Å². The zero-order chi connectivity index (χ0) is 9.57. The molecule has 2 rings (SSSR count). The summed E-state index contributed by atoms with van der Waals surface area (Å²) in [6.07, 6.45) is 4.78. The average molecular weight is 183 g/mol. The third kappa shape index (κ3) is 4.70. The fourth-order valence-corrected chi connectivity index (χ4v) is 1.01. The van der Waals surface area contributed by atoms with Gasteiger partial charge in [0.2, 0.25) is 0 Å². The molecule has 0 radical (unpaired) electrons. The van der Waals surface area contributed by atoms with E-state index < -0.39 is 0 Å². The smallest absolute Gasteiger partial charge is 0.162 e. The number of aromatic amines is 1. The van der Waals surface area contributed by atoms with Crippen LogP contribution in [0.25, 0.3) is 0 Å². The molecule has 0 saturated carbocycles. The van der Waals surface area contributed by atoms with E-state index in [1.54, 1.807) is 0 Å². The molecule has 0 aromatic carbocycles. The number of hydrogen-bond donors (Lipinski definition) is 1. The normalized spacial score (nSPS) is 20.2. The number of hydrogen-bond acceptors (Lipinski definition) is 2. The van der Waals surface area contributed by atoms with Gasteiger partial charge < -0.3 is 14.5 Å². The quantitative estimate of drug-likeness (QED) is 0.669. The summed E-state index contributed by atoms with van der Waals surface area (Å²) in [6, 6.07) is 3.89. The maximum absolute atomic E-state index is 5.24. The molecule has 0 unspecified atom stereocenters. The van der Waals surface area contributed by atoms with Crippen LogP contribution >= 0.6 is 0 Å². The first-order valence-corrected chi connectivity index (χ1v) is 4.56. The molecule has 1 aromatic heterocycles. The van der Waals surface area contributed by atoms with Crippen molar-refractivity contribution in [3.05, 3.63) is 24.5 Å². The number of rotatable bonds is 0. The largest absolute Gasteiger partial charge is 0.368 e. The Kier molecular flexibility index (Phi) is 3.99. The average Bonchev–Trinajstić information content (AvgIpc) is 2.60. The Morgan fingerprint density at radius 1 is 1.08 bits per heavy atom. The fourth-order valence-electron chi connectivity index (χ4n) is 1.01. The third-order valence-electron chi connectivity index (χ3n) is 1.68. The molecule has 74 valence electrons. The summed E-state index contributed by atoms with van der Waals surface area (Å²) in [4.78, 5) is 2.86. The van der Waals surface area contributed by atoms with Gasteiger partial charge in [-0.1, -0.05) is 0 Å². The van der Waals surface area contributed by atoms with E-state index >= 15 is 0 Å². The SMILES string of the molecule is CC1(C)OCCCO1.c1cc[nH]c1. The van der Waals surface area contributed by atoms with E-state index in [-0.39, 0.29) is 5.79 Å². The van der Waals surface area contributed by atoms with Gasteiger partial charge in [-0.3, -0.25) is 0 Å². The molecular formula is C10H17NO2. The minimum absolute atomic E-state index is 0.321. The second kappa shape index (κ2) is 5.04. The van der Waals surface area contributed by atoms with E-state index in [1.165, 1.54) is 0 Å². The molecule has 2 heterocycles. The number of aromatic nitrogens is 1. The molecule has 1 N–H and O–H groups in total. The summed E-state index contributed by atoms with van der Waals surface area (Å²) in [5.41, 5.74) is 0. The van der Waals surface area contributed by atoms with Crippen molar-refractivity contribution < 1.29 is 9.47 Å². The van der Waals surface area contributed by atoms with Crippen molar-refractivity contribution in [2.45, 2.75) is 26.1 Å². The molecule has 0 spiro atoms. The first-order chi connectivity index (χ1) is 6.21. The van der Waals surface area contributed by atoms with Crippen LogP contribution in [-0.4, -0.2) is 24.0 Å². The van der Waals surface area contributed by atoms with Crippen molar-refractivity contribution in [2.75, 3.05) is 13.2 Å². The molecule has 1 fully saturated rings. The Hall–Kier alpha value is -0.800. The predicted octanol–water partition coefficient (Wildman–Crippen LogP) is 2.17. The third-order valence-corrected chi connectivity index (χ3v) is 1.68. The Labute approximate surface area is 79.1 Å². The van der Waals surface area contributed by atoms with Crippen molar-refractivity contribution in [1.82, 2.24) is 4.98 Å². The number of ether oxygens (including phenoxy) is 2. The highest BCUT2D eigenvalue weighted by Gasteiger charge is 2.21.